The van der Waals surface area contributed by atoms with Crippen molar-refractivity contribution in [2.75, 3.05) is 13.6 Å². The van der Waals surface area contributed by atoms with Crippen LogP contribution in [0.4, 0.5) is 0 Å². The van der Waals surface area contributed by atoms with Gasteiger partial charge in [0.15, 0.2) is 0 Å². The molecule has 1 aromatic rings. The lowest BCUT2D eigenvalue weighted by Gasteiger charge is -2.31. The maximum atomic E-state index is 4.79. The molecule has 0 N–H and O–H groups in total. The van der Waals surface area contributed by atoms with Crippen molar-refractivity contribution >= 4 is 0 Å². The van der Waals surface area contributed by atoms with Gasteiger partial charge in [0.2, 0.25) is 0 Å². The maximum absolute atomic E-state index is 4.79. The van der Waals surface area contributed by atoms with E-state index in [1.807, 2.05) is 0 Å². The molecule has 1 aromatic heterocycles. The summed E-state index contributed by atoms with van der Waals surface area (Å²) in [5.41, 5.74) is 3.03. The van der Waals surface area contributed by atoms with Gasteiger partial charge in [-0.3, -0.25) is 9.58 Å². The van der Waals surface area contributed by atoms with Crippen LogP contribution < -0.4 is 0 Å². The van der Waals surface area contributed by atoms with Gasteiger partial charge in [0.25, 0.3) is 0 Å². The molecule has 0 bridgehead atoms. The molecule has 3 nitrogen and oxygen atoms in total. The molecule has 82 valence electrons. The summed E-state index contributed by atoms with van der Waals surface area (Å²) >= 11 is 0. The second kappa shape index (κ2) is 2.85. The Morgan fingerprint density at radius 1 is 1.40 bits per heavy atom. The molecule has 0 atom stereocenters. The Labute approximate surface area is 91.1 Å². The van der Waals surface area contributed by atoms with Crippen molar-refractivity contribution in [1.82, 2.24) is 14.7 Å². The molecule has 2 heterocycles. The number of fused-ring (bicyclic) bond motifs is 2. The highest BCUT2D eigenvalue weighted by Gasteiger charge is 2.49. The summed E-state index contributed by atoms with van der Waals surface area (Å²) in [6.45, 7) is 6.68. The van der Waals surface area contributed by atoms with E-state index in [9.17, 15) is 0 Å². The number of hydrogen-bond acceptors (Lipinski definition) is 2. The second-order valence-corrected chi connectivity index (χ2v) is 5.52. The number of rotatable bonds is 1. The first-order valence-electron chi connectivity index (χ1n) is 5.89. The first kappa shape index (κ1) is 9.40. The summed E-state index contributed by atoms with van der Waals surface area (Å²) in [7, 11) is 2.21. The average Bonchev–Trinajstić information content (AvgIpc) is 2.77. The number of likely N-dealkylation sites (N-methyl/N-ethyl adjacent to an activating group) is 1. The van der Waals surface area contributed by atoms with Gasteiger partial charge >= 0.3 is 0 Å². The van der Waals surface area contributed by atoms with Crippen molar-refractivity contribution in [2.24, 2.45) is 0 Å². The Hall–Kier alpha value is -0.830. The van der Waals surface area contributed by atoms with Crippen LogP contribution in [-0.4, -0.2) is 28.3 Å². The topological polar surface area (TPSA) is 21.1 Å². The molecule has 0 radical (unpaired) electrons. The molecule has 1 saturated carbocycles. The van der Waals surface area contributed by atoms with Gasteiger partial charge in [-0.2, -0.15) is 5.10 Å². The van der Waals surface area contributed by atoms with Crippen molar-refractivity contribution in [1.29, 1.82) is 0 Å². The van der Waals surface area contributed by atoms with Crippen molar-refractivity contribution in [3.63, 3.8) is 0 Å². The van der Waals surface area contributed by atoms with Crippen molar-refractivity contribution in [3.05, 3.63) is 17.5 Å². The lowest BCUT2D eigenvalue weighted by molar-refractivity contribution is 0.193. The zero-order chi connectivity index (χ0) is 10.6. The highest BCUT2D eigenvalue weighted by atomic mass is 15.4. The third-order valence-corrected chi connectivity index (χ3v) is 3.67. The minimum absolute atomic E-state index is 0.371. The lowest BCUT2D eigenvalue weighted by atomic mass is 10.1. The van der Waals surface area contributed by atoms with E-state index in [2.05, 4.69) is 36.5 Å². The molecular weight excluding hydrogens is 186 g/mol. The Bertz CT molecular complexity index is 388. The van der Waals surface area contributed by atoms with E-state index in [4.69, 9.17) is 5.10 Å². The van der Waals surface area contributed by atoms with E-state index in [0.29, 0.717) is 11.5 Å². The third-order valence-electron chi connectivity index (χ3n) is 3.67. The van der Waals surface area contributed by atoms with Crippen molar-refractivity contribution < 1.29 is 0 Å². The molecule has 2 aliphatic rings. The van der Waals surface area contributed by atoms with Gasteiger partial charge in [-0.25, -0.2) is 0 Å². The Morgan fingerprint density at radius 3 is 2.73 bits per heavy atom. The van der Waals surface area contributed by atoms with Crippen molar-refractivity contribution in [2.45, 2.75) is 44.7 Å². The molecule has 0 unspecified atom stereocenters. The first-order chi connectivity index (χ1) is 7.11. The fraction of sp³-hybridized carbons (Fsp3) is 0.750. The molecule has 0 saturated heterocycles. The van der Waals surface area contributed by atoms with E-state index < -0.39 is 0 Å². The van der Waals surface area contributed by atoms with Crippen LogP contribution in [-0.2, 0) is 12.1 Å². The molecule has 0 aromatic carbocycles. The summed E-state index contributed by atoms with van der Waals surface area (Å²) in [5, 5.41) is 4.79. The van der Waals surface area contributed by atoms with Gasteiger partial charge in [0.1, 0.15) is 0 Å². The summed E-state index contributed by atoms with van der Waals surface area (Å²) in [6, 6.07) is 2.29. The molecule has 0 amide bonds. The van der Waals surface area contributed by atoms with Crippen LogP contribution >= 0.6 is 0 Å². The van der Waals surface area contributed by atoms with Crippen LogP contribution in [0.15, 0.2) is 6.07 Å². The Morgan fingerprint density at radius 2 is 2.13 bits per heavy atom. The molecule has 15 heavy (non-hydrogen) atoms. The summed E-state index contributed by atoms with van der Waals surface area (Å²) < 4.78 is 2.32. The standard InChI is InChI=1S/C12H19N3/c1-9(2)11-6-10-7-14(3)8-12(4-5-12)15(10)13-11/h6,9H,4-5,7-8H2,1-3H3. The molecule has 1 spiro atoms. The van der Waals surface area contributed by atoms with Gasteiger partial charge in [0.05, 0.1) is 16.9 Å². The third kappa shape index (κ3) is 1.33. The fourth-order valence-corrected chi connectivity index (χ4v) is 2.66. The molecule has 3 heteroatoms. The van der Waals surface area contributed by atoms with E-state index in [1.165, 1.54) is 30.8 Å². The summed E-state index contributed by atoms with van der Waals surface area (Å²) in [4.78, 5) is 2.42. The lowest BCUT2D eigenvalue weighted by Crippen LogP contribution is -2.40. The minimum Gasteiger partial charge on any atom is -0.298 e. The van der Waals surface area contributed by atoms with E-state index in [1.54, 1.807) is 0 Å². The number of hydrogen-bond donors (Lipinski definition) is 0. The normalized spacial score (nSPS) is 23.5. The highest BCUT2D eigenvalue weighted by Crippen LogP contribution is 2.47. The molecule has 3 rings (SSSR count). The quantitative estimate of drug-likeness (QED) is 0.698. The summed E-state index contributed by atoms with van der Waals surface area (Å²) in [6.07, 6.45) is 2.62. The number of nitrogens with zero attached hydrogens (tertiary/aromatic N) is 3. The fourth-order valence-electron chi connectivity index (χ4n) is 2.66. The van der Waals surface area contributed by atoms with Gasteiger partial charge in [-0.05, 0) is 31.9 Å². The molecular formula is C12H19N3. The SMILES string of the molecule is CC(C)c1cc2n(n1)C1(CC1)CN(C)C2. The molecule has 1 fully saturated rings. The predicted molar refractivity (Wildman–Crippen MR) is 59.9 cm³/mol. The molecule has 1 aliphatic heterocycles. The van der Waals surface area contributed by atoms with Crippen LogP contribution in [0.3, 0.4) is 0 Å². The van der Waals surface area contributed by atoms with Crippen LogP contribution in [0, 0.1) is 0 Å². The largest absolute Gasteiger partial charge is 0.298 e. The zero-order valence-electron chi connectivity index (χ0n) is 9.82. The second-order valence-electron chi connectivity index (χ2n) is 5.52. The van der Waals surface area contributed by atoms with Crippen LogP contribution in [0.25, 0.3) is 0 Å². The van der Waals surface area contributed by atoms with Crippen LogP contribution in [0.5, 0.6) is 0 Å². The van der Waals surface area contributed by atoms with Gasteiger partial charge in [-0.15, -0.1) is 0 Å². The smallest absolute Gasteiger partial charge is 0.0759 e. The van der Waals surface area contributed by atoms with Crippen molar-refractivity contribution in [3.8, 4) is 0 Å². The zero-order valence-corrected chi connectivity index (χ0v) is 9.82. The van der Waals surface area contributed by atoms with Crippen LogP contribution in [0.2, 0.25) is 0 Å². The van der Waals surface area contributed by atoms with E-state index >= 15 is 0 Å². The Kier molecular flexibility index (Phi) is 1.78. The van der Waals surface area contributed by atoms with E-state index in [0.717, 1.165) is 6.54 Å². The van der Waals surface area contributed by atoms with Gasteiger partial charge < -0.3 is 0 Å². The summed E-state index contributed by atoms with van der Waals surface area (Å²) in [5.74, 6) is 0.546. The predicted octanol–water partition coefficient (Wildman–Crippen LogP) is 1.94. The highest BCUT2D eigenvalue weighted by molar-refractivity contribution is 5.20. The van der Waals surface area contributed by atoms with Gasteiger partial charge in [-0.1, -0.05) is 13.8 Å². The maximum Gasteiger partial charge on any atom is 0.0759 e. The van der Waals surface area contributed by atoms with E-state index in [-0.39, 0.29) is 0 Å². The van der Waals surface area contributed by atoms with Gasteiger partial charge in [0, 0.05) is 13.1 Å². The minimum atomic E-state index is 0.371. The van der Waals surface area contributed by atoms with Crippen LogP contribution in [0.1, 0.15) is 44.0 Å². The average molecular weight is 205 g/mol. The monoisotopic (exact) mass is 205 g/mol. The first-order valence-corrected chi connectivity index (χ1v) is 5.89. The molecule has 1 aliphatic carbocycles. The Balaban J connectivity index is 2.05. The number of aromatic nitrogens is 2.